The van der Waals surface area contributed by atoms with Crippen LogP contribution in [0.3, 0.4) is 0 Å². The average molecular weight is 254 g/mol. The number of nitriles is 1. The first-order valence-corrected chi connectivity index (χ1v) is 5.58. The molecule has 0 unspecified atom stereocenters. The molecule has 0 amide bonds. The molecule has 0 saturated carbocycles. The lowest BCUT2D eigenvalue weighted by atomic mass is 10.3. The lowest BCUT2D eigenvalue weighted by Crippen LogP contribution is -1.90. The van der Waals surface area contributed by atoms with Crippen molar-refractivity contribution in [3.05, 3.63) is 30.1 Å². The molecule has 3 aromatic heterocycles. The molecular weight excluding hydrogens is 244 g/mol. The van der Waals surface area contributed by atoms with E-state index in [0.717, 1.165) is 0 Å². The van der Waals surface area contributed by atoms with E-state index in [0.29, 0.717) is 28.7 Å². The summed E-state index contributed by atoms with van der Waals surface area (Å²) in [7, 11) is 3.64. The van der Waals surface area contributed by atoms with Gasteiger partial charge in [0.1, 0.15) is 17.5 Å². The highest BCUT2D eigenvalue weighted by atomic mass is 16.5. The van der Waals surface area contributed by atoms with Crippen molar-refractivity contribution in [1.29, 1.82) is 5.26 Å². The van der Waals surface area contributed by atoms with Gasteiger partial charge in [-0.1, -0.05) is 5.16 Å². The maximum atomic E-state index is 8.87. The van der Waals surface area contributed by atoms with Crippen LogP contribution in [0.2, 0.25) is 0 Å². The van der Waals surface area contributed by atoms with Gasteiger partial charge in [-0.15, -0.1) is 0 Å². The lowest BCUT2D eigenvalue weighted by molar-refractivity contribution is 0.429. The maximum Gasteiger partial charge on any atom is 0.274 e. The Labute approximate surface area is 108 Å². The van der Waals surface area contributed by atoms with Gasteiger partial charge in [0.05, 0.1) is 5.56 Å². The van der Waals surface area contributed by atoms with Gasteiger partial charge in [0.15, 0.2) is 0 Å². The molecule has 3 rings (SSSR count). The molecule has 0 atom stereocenters. The molecule has 0 fully saturated rings. The fraction of sp³-hybridized carbons (Fsp3) is 0.167. The van der Waals surface area contributed by atoms with Gasteiger partial charge in [0, 0.05) is 26.5 Å². The van der Waals surface area contributed by atoms with Crippen LogP contribution in [0.5, 0.6) is 0 Å². The van der Waals surface area contributed by atoms with Crippen LogP contribution in [0.25, 0.3) is 23.1 Å². The monoisotopic (exact) mass is 254 g/mol. The number of nitrogens with zero attached hydrogens (tertiary/aromatic N) is 6. The van der Waals surface area contributed by atoms with Crippen molar-refractivity contribution in [3.8, 4) is 29.2 Å². The molecule has 0 spiro atoms. The normalized spacial score (nSPS) is 10.6. The Balaban J connectivity index is 2.01. The van der Waals surface area contributed by atoms with E-state index >= 15 is 0 Å². The van der Waals surface area contributed by atoms with Crippen molar-refractivity contribution in [1.82, 2.24) is 24.5 Å². The molecule has 7 heteroatoms. The first kappa shape index (κ1) is 11.2. The molecule has 3 aromatic rings. The van der Waals surface area contributed by atoms with E-state index in [2.05, 4.69) is 21.3 Å². The molecule has 0 aliphatic rings. The highest BCUT2D eigenvalue weighted by Gasteiger charge is 2.15. The zero-order valence-corrected chi connectivity index (χ0v) is 10.4. The third-order valence-corrected chi connectivity index (χ3v) is 2.72. The lowest BCUT2D eigenvalue weighted by Gasteiger charge is -1.94. The van der Waals surface area contributed by atoms with Crippen molar-refractivity contribution < 1.29 is 4.52 Å². The van der Waals surface area contributed by atoms with Crippen LogP contribution in [0, 0.1) is 11.3 Å². The van der Waals surface area contributed by atoms with Crippen LogP contribution in [0.4, 0.5) is 0 Å². The zero-order chi connectivity index (χ0) is 13.4. The Morgan fingerprint density at radius 1 is 1.37 bits per heavy atom. The Bertz CT molecular complexity index is 772. The summed E-state index contributed by atoms with van der Waals surface area (Å²) in [5, 5.41) is 17.0. The summed E-state index contributed by atoms with van der Waals surface area (Å²) in [5.41, 5.74) is 1.90. The quantitative estimate of drug-likeness (QED) is 0.689. The fourth-order valence-corrected chi connectivity index (χ4v) is 1.80. The minimum atomic E-state index is 0.365. The van der Waals surface area contributed by atoms with E-state index in [1.165, 1.54) is 0 Å². The van der Waals surface area contributed by atoms with Gasteiger partial charge < -0.3 is 9.09 Å². The second-order valence-corrected chi connectivity index (χ2v) is 4.13. The second-order valence-electron chi connectivity index (χ2n) is 4.13. The highest BCUT2D eigenvalue weighted by molar-refractivity contribution is 5.56. The van der Waals surface area contributed by atoms with Crippen LogP contribution >= 0.6 is 0 Å². The van der Waals surface area contributed by atoms with Crippen LogP contribution in [0.15, 0.2) is 29.0 Å². The molecule has 0 N–H and O–H groups in total. The van der Waals surface area contributed by atoms with E-state index in [1.54, 1.807) is 27.6 Å². The molecule has 3 heterocycles. The molecule has 7 nitrogen and oxygen atoms in total. The van der Waals surface area contributed by atoms with E-state index in [-0.39, 0.29) is 0 Å². The standard InChI is InChI=1S/C12H10N6O/c1-17-7-8(6-13)5-10(17)12-14-11(16-19-12)9-3-4-18(2)15-9/h3-5,7H,1-2H3. The molecule has 94 valence electrons. The summed E-state index contributed by atoms with van der Waals surface area (Å²) in [6.45, 7) is 0. The maximum absolute atomic E-state index is 8.87. The molecule has 19 heavy (non-hydrogen) atoms. The van der Waals surface area contributed by atoms with E-state index in [9.17, 15) is 0 Å². The van der Waals surface area contributed by atoms with Crippen molar-refractivity contribution in [3.63, 3.8) is 0 Å². The molecule has 0 bridgehead atoms. The summed E-state index contributed by atoms with van der Waals surface area (Å²) in [4.78, 5) is 4.29. The van der Waals surface area contributed by atoms with Gasteiger partial charge in [-0.3, -0.25) is 4.68 Å². The van der Waals surface area contributed by atoms with Gasteiger partial charge in [-0.2, -0.15) is 15.3 Å². The number of hydrogen-bond donors (Lipinski definition) is 0. The SMILES string of the molecule is Cn1ccc(-c2noc(-c3cc(C#N)cn3C)n2)n1. The average Bonchev–Trinajstić information content (AvgIpc) is 3.07. The molecule has 0 radical (unpaired) electrons. The number of aromatic nitrogens is 5. The smallest absolute Gasteiger partial charge is 0.274 e. The first-order chi connectivity index (χ1) is 9.17. The van der Waals surface area contributed by atoms with E-state index in [1.807, 2.05) is 20.3 Å². The molecule has 0 aliphatic carbocycles. The summed E-state index contributed by atoms with van der Waals surface area (Å²) >= 11 is 0. The van der Waals surface area contributed by atoms with Gasteiger partial charge in [0.25, 0.3) is 5.89 Å². The predicted molar refractivity (Wildman–Crippen MR) is 65.6 cm³/mol. The van der Waals surface area contributed by atoms with Crippen LogP contribution in [-0.4, -0.2) is 24.5 Å². The largest absolute Gasteiger partial charge is 0.345 e. The number of hydrogen-bond acceptors (Lipinski definition) is 5. The Kier molecular flexibility index (Phi) is 2.42. The van der Waals surface area contributed by atoms with Gasteiger partial charge in [0.2, 0.25) is 5.82 Å². The van der Waals surface area contributed by atoms with Gasteiger partial charge >= 0.3 is 0 Å². The van der Waals surface area contributed by atoms with E-state index < -0.39 is 0 Å². The number of rotatable bonds is 2. The van der Waals surface area contributed by atoms with E-state index in [4.69, 9.17) is 9.78 Å². The summed E-state index contributed by atoms with van der Waals surface area (Å²) < 4.78 is 8.65. The van der Waals surface area contributed by atoms with Crippen LogP contribution < -0.4 is 0 Å². The third kappa shape index (κ3) is 1.89. The summed E-state index contributed by atoms with van der Waals surface area (Å²) in [5.74, 6) is 0.792. The molecule has 0 aliphatic heterocycles. The predicted octanol–water partition coefficient (Wildman–Crippen LogP) is 1.35. The first-order valence-electron chi connectivity index (χ1n) is 5.58. The minimum absolute atomic E-state index is 0.365. The van der Waals surface area contributed by atoms with Crippen molar-refractivity contribution in [2.24, 2.45) is 14.1 Å². The minimum Gasteiger partial charge on any atom is -0.345 e. The van der Waals surface area contributed by atoms with Crippen LogP contribution in [-0.2, 0) is 14.1 Å². The van der Waals surface area contributed by atoms with Gasteiger partial charge in [-0.25, -0.2) is 0 Å². The second kappa shape index (κ2) is 4.10. The third-order valence-electron chi connectivity index (χ3n) is 2.72. The Morgan fingerprint density at radius 2 is 2.21 bits per heavy atom. The van der Waals surface area contributed by atoms with Crippen molar-refractivity contribution in [2.45, 2.75) is 0 Å². The zero-order valence-electron chi connectivity index (χ0n) is 10.4. The topological polar surface area (TPSA) is 85.5 Å². The fourth-order valence-electron chi connectivity index (χ4n) is 1.80. The molecule has 0 saturated heterocycles. The summed E-state index contributed by atoms with van der Waals surface area (Å²) in [6, 6.07) is 5.58. The number of aryl methyl sites for hydroxylation is 2. The Hall–Kier alpha value is -2.88. The van der Waals surface area contributed by atoms with Crippen molar-refractivity contribution >= 4 is 0 Å². The van der Waals surface area contributed by atoms with Gasteiger partial charge in [-0.05, 0) is 12.1 Å². The Morgan fingerprint density at radius 3 is 2.84 bits per heavy atom. The molecule has 0 aromatic carbocycles. The molecular formula is C12H10N6O. The van der Waals surface area contributed by atoms with Crippen LogP contribution in [0.1, 0.15) is 5.56 Å². The highest BCUT2D eigenvalue weighted by Crippen LogP contribution is 2.22. The van der Waals surface area contributed by atoms with Crippen molar-refractivity contribution in [2.75, 3.05) is 0 Å². The summed E-state index contributed by atoms with van der Waals surface area (Å²) in [6.07, 6.45) is 3.52.